The number of hydrogen-bond acceptors (Lipinski definition) is 4. The van der Waals surface area contributed by atoms with Gasteiger partial charge in [0.05, 0.1) is 11.6 Å². The molecule has 0 aromatic heterocycles. The Bertz CT molecular complexity index is 882. The van der Waals surface area contributed by atoms with Gasteiger partial charge >= 0.3 is 6.03 Å². The zero-order valence-electron chi connectivity index (χ0n) is 18.7. The monoisotopic (exact) mass is 580 g/mol. The van der Waals surface area contributed by atoms with Crippen LogP contribution in [0.25, 0.3) is 0 Å². The van der Waals surface area contributed by atoms with Gasteiger partial charge in [0.1, 0.15) is 15.2 Å². The molecule has 10 heteroatoms. The average Bonchev–Trinajstić information content (AvgIpc) is 2.83. The summed E-state index contributed by atoms with van der Waals surface area (Å²) in [7, 11) is 1.35. The van der Waals surface area contributed by atoms with E-state index in [2.05, 4.69) is 36.8 Å². The Morgan fingerprint density at radius 1 is 1.10 bits per heavy atom. The van der Waals surface area contributed by atoms with Crippen molar-refractivity contribution in [1.29, 1.82) is 0 Å². The van der Waals surface area contributed by atoms with E-state index in [0.29, 0.717) is 0 Å². The first-order valence-electron chi connectivity index (χ1n) is 9.71. The lowest BCUT2D eigenvalue weighted by Gasteiger charge is -2.51. The smallest absolute Gasteiger partial charge is 0.270 e. The second kappa shape index (κ2) is 9.08. The molecule has 0 N–H and O–H groups in total. The Hall–Kier alpha value is -1.03. The van der Waals surface area contributed by atoms with Crippen LogP contribution in [0, 0.1) is 5.82 Å². The Kier molecular flexibility index (Phi) is 7.68. The predicted octanol–water partition coefficient (Wildman–Crippen LogP) is 5.57. The number of benzene rings is 1. The number of likely N-dealkylation sites (N-methyl/N-ethyl adjacent to an activating group) is 1. The molecule has 1 saturated heterocycles. The van der Waals surface area contributed by atoms with E-state index in [1.165, 1.54) is 25.2 Å². The highest BCUT2D eigenvalue weighted by Gasteiger charge is 2.49. The maximum atomic E-state index is 14.6. The molecule has 1 unspecified atom stereocenters. The summed E-state index contributed by atoms with van der Waals surface area (Å²) in [6.07, 6.45) is -0.725. The highest BCUT2D eigenvalue weighted by molar-refractivity contribution is 9.25. The fourth-order valence-electron chi connectivity index (χ4n) is 3.80. The van der Waals surface area contributed by atoms with Crippen LogP contribution < -0.4 is 4.90 Å². The predicted molar refractivity (Wildman–Crippen MR) is 131 cm³/mol. The van der Waals surface area contributed by atoms with E-state index in [-0.39, 0.29) is 17.4 Å². The molecular weight excluding hydrogens is 555 g/mol. The molecule has 1 aliphatic rings. The number of alkyl halides is 3. The second-order valence-electron chi connectivity index (χ2n) is 9.37. The summed E-state index contributed by atoms with van der Waals surface area (Å²) < 4.78 is 13.7. The number of nitrogens with zero attached hydrogens (tertiary/aromatic N) is 4. The summed E-state index contributed by atoms with van der Waals surface area (Å²) in [5.74, 6) is -1.32. The molecule has 1 aliphatic heterocycles. The minimum absolute atomic E-state index is 0.0404. The first kappa shape index (κ1) is 26.2. The molecule has 6 nitrogen and oxygen atoms in total. The van der Waals surface area contributed by atoms with Gasteiger partial charge < -0.3 is 0 Å². The van der Waals surface area contributed by atoms with Gasteiger partial charge in [-0.3, -0.25) is 14.6 Å². The molecule has 1 fully saturated rings. The lowest BCUT2D eigenvalue weighted by molar-refractivity contribution is -0.119. The molecule has 1 atom stereocenters. The molecule has 0 aliphatic carbocycles. The van der Waals surface area contributed by atoms with Crippen LogP contribution >= 0.6 is 43.5 Å². The number of urea groups is 1. The molecule has 0 bridgehead atoms. The van der Waals surface area contributed by atoms with Crippen molar-refractivity contribution >= 4 is 66.9 Å². The molecule has 3 amide bonds. The van der Waals surface area contributed by atoms with Gasteiger partial charge in [0.15, 0.2) is 0 Å². The summed E-state index contributed by atoms with van der Waals surface area (Å²) >= 11 is 13.5. The van der Waals surface area contributed by atoms with Gasteiger partial charge in [0.2, 0.25) is 5.84 Å². The summed E-state index contributed by atoms with van der Waals surface area (Å²) in [5, 5.41) is 0. The van der Waals surface area contributed by atoms with E-state index >= 15 is 0 Å². The van der Waals surface area contributed by atoms with E-state index in [0.717, 1.165) is 9.80 Å². The maximum Gasteiger partial charge on any atom is 0.337 e. The number of para-hydroxylation sites is 1. The van der Waals surface area contributed by atoms with Crippen molar-refractivity contribution in [2.45, 2.75) is 62.0 Å². The van der Waals surface area contributed by atoms with E-state index in [1.807, 2.05) is 41.5 Å². The van der Waals surface area contributed by atoms with Crippen molar-refractivity contribution in [3.63, 3.8) is 0 Å². The number of amidine groups is 1. The highest BCUT2D eigenvalue weighted by atomic mass is 79.9. The molecule has 0 saturated carbocycles. The number of aliphatic imine (C=N–C) groups is 1. The van der Waals surface area contributed by atoms with Crippen LogP contribution in [-0.2, 0) is 4.79 Å². The van der Waals surface area contributed by atoms with Crippen LogP contribution in [0.5, 0.6) is 0 Å². The average molecular weight is 583 g/mol. The molecule has 1 aromatic carbocycles. The molecule has 0 spiro atoms. The first-order valence-corrected chi connectivity index (χ1v) is 11.8. The first-order chi connectivity index (χ1) is 14.0. The van der Waals surface area contributed by atoms with Gasteiger partial charge in [-0.25, -0.2) is 19.1 Å². The van der Waals surface area contributed by atoms with Gasteiger partial charge in [0, 0.05) is 18.1 Å². The SMILES string of the molecule is CN1C(=O)C(=NC(N(C(C)(C)C)C(C)(C)C)C(Br)(Br)CCl)N(c2ccccc2F)C1=O. The Morgan fingerprint density at radius 2 is 1.61 bits per heavy atom. The van der Waals surface area contributed by atoms with Crippen molar-refractivity contribution in [3.8, 4) is 0 Å². The van der Waals surface area contributed by atoms with Crippen molar-refractivity contribution in [2.75, 3.05) is 17.8 Å². The lowest BCUT2D eigenvalue weighted by atomic mass is 9.94. The van der Waals surface area contributed by atoms with Crippen molar-refractivity contribution in [1.82, 2.24) is 9.80 Å². The van der Waals surface area contributed by atoms with Gasteiger partial charge in [-0.2, -0.15) is 0 Å². The standard InChI is InChI=1S/C21H28Br2ClFN4O2/c1-19(2,3)29(20(4,5)6)17(21(22,23)12-24)26-15-16(30)27(7)18(31)28(15)14-11-9-8-10-13(14)25/h8-11,17H,12H2,1-7H3. The van der Waals surface area contributed by atoms with Crippen LogP contribution in [-0.4, -0.2) is 61.0 Å². The van der Waals surface area contributed by atoms with Crippen LogP contribution in [0.15, 0.2) is 29.3 Å². The topological polar surface area (TPSA) is 56.2 Å². The van der Waals surface area contributed by atoms with Gasteiger partial charge in [-0.15, -0.1) is 11.6 Å². The fourth-order valence-corrected chi connectivity index (χ4v) is 4.55. The third-order valence-electron chi connectivity index (χ3n) is 4.77. The molecule has 1 heterocycles. The van der Waals surface area contributed by atoms with Gasteiger partial charge in [0.25, 0.3) is 5.91 Å². The molecule has 1 aromatic rings. The largest absolute Gasteiger partial charge is 0.337 e. The molecule has 0 radical (unpaired) electrons. The number of hydrogen-bond donors (Lipinski definition) is 0. The molecule has 2 rings (SSSR count). The Morgan fingerprint density at radius 3 is 2.06 bits per heavy atom. The number of rotatable bonds is 5. The summed E-state index contributed by atoms with van der Waals surface area (Å²) in [4.78, 5) is 34.6. The lowest BCUT2D eigenvalue weighted by Crippen LogP contribution is -2.62. The summed E-state index contributed by atoms with van der Waals surface area (Å²) in [6.45, 7) is 12.2. The normalized spacial score (nSPS) is 18.5. The van der Waals surface area contributed by atoms with Gasteiger partial charge in [-0.1, -0.05) is 44.0 Å². The minimum atomic E-state index is -0.930. The van der Waals surface area contributed by atoms with E-state index < -0.39 is 38.2 Å². The number of amides is 3. The summed E-state index contributed by atoms with van der Waals surface area (Å²) in [5.41, 5.74) is -0.834. The number of anilines is 1. The van der Waals surface area contributed by atoms with E-state index in [9.17, 15) is 14.0 Å². The second-order valence-corrected chi connectivity index (χ2v) is 13.5. The van der Waals surface area contributed by atoms with Crippen LogP contribution in [0.3, 0.4) is 0 Å². The van der Waals surface area contributed by atoms with E-state index in [1.54, 1.807) is 6.07 Å². The quantitative estimate of drug-likeness (QED) is 0.337. The molecule has 172 valence electrons. The maximum absolute atomic E-state index is 14.6. The number of halogens is 4. The number of imide groups is 1. The van der Waals surface area contributed by atoms with Crippen LogP contribution in [0.1, 0.15) is 41.5 Å². The van der Waals surface area contributed by atoms with Crippen molar-refractivity contribution in [2.24, 2.45) is 4.99 Å². The van der Waals surface area contributed by atoms with Gasteiger partial charge in [-0.05, 0) is 53.7 Å². The third kappa shape index (κ3) is 5.31. The molecule has 31 heavy (non-hydrogen) atoms. The Balaban J connectivity index is 2.79. The van der Waals surface area contributed by atoms with Crippen LogP contribution in [0.4, 0.5) is 14.9 Å². The third-order valence-corrected chi connectivity index (χ3v) is 7.22. The summed E-state index contributed by atoms with van der Waals surface area (Å²) in [6, 6.07) is 5.10. The Labute approximate surface area is 205 Å². The number of carbonyl (C=O) groups excluding carboxylic acids is 2. The van der Waals surface area contributed by atoms with Crippen LogP contribution in [0.2, 0.25) is 0 Å². The highest BCUT2D eigenvalue weighted by Crippen LogP contribution is 2.42. The molecular formula is C21H28Br2ClFN4O2. The fraction of sp³-hybridized carbons (Fsp3) is 0.571. The van der Waals surface area contributed by atoms with Crippen molar-refractivity contribution in [3.05, 3.63) is 30.1 Å². The zero-order chi connectivity index (χ0) is 23.9. The van der Waals surface area contributed by atoms with Crippen molar-refractivity contribution < 1.29 is 14.0 Å². The zero-order valence-corrected chi connectivity index (χ0v) is 22.6. The van der Waals surface area contributed by atoms with E-state index in [4.69, 9.17) is 16.6 Å². The minimum Gasteiger partial charge on any atom is -0.270 e. The number of carbonyl (C=O) groups is 2.